The Balaban J connectivity index is 1.99. The SMILES string of the molecule is CCNC(=NCc1ccc(C)cc1OCCOCC)NCC(O)c1ccncc1. The molecule has 1 heterocycles. The summed E-state index contributed by atoms with van der Waals surface area (Å²) in [5.74, 6) is 1.46. The van der Waals surface area contributed by atoms with Crippen molar-refractivity contribution in [1.82, 2.24) is 15.6 Å². The number of aliphatic imine (C=N–C) groups is 1. The van der Waals surface area contributed by atoms with Gasteiger partial charge in [0.05, 0.1) is 19.3 Å². The van der Waals surface area contributed by atoms with Crippen molar-refractivity contribution in [2.45, 2.75) is 33.4 Å². The molecule has 0 fully saturated rings. The number of nitrogens with one attached hydrogen (secondary N) is 2. The molecule has 1 aromatic heterocycles. The van der Waals surface area contributed by atoms with Crippen LogP contribution in [0.15, 0.2) is 47.7 Å². The van der Waals surface area contributed by atoms with Crippen LogP contribution in [0.1, 0.15) is 36.6 Å². The van der Waals surface area contributed by atoms with E-state index in [2.05, 4.69) is 20.6 Å². The van der Waals surface area contributed by atoms with E-state index in [4.69, 9.17) is 9.47 Å². The summed E-state index contributed by atoms with van der Waals surface area (Å²) >= 11 is 0. The summed E-state index contributed by atoms with van der Waals surface area (Å²) in [6.45, 7) is 9.29. The number of aliphatic hydroxyl groups is 1. The van der Waals surface area contributed by atoms with E-state index >= 15 is 0 Å². The highest BCUT2D eigenvalue weighted by atomic mass is 16.5. The van der Waals surface area contributed by atoms with Crippen LogP contribution in [0.5, 0.6) is 5.75 Å². The van der Waals surface area contributed by atoms with Crippen molar-refractivity contribution in [1.29, 1.82) is 0 Å². The second kappa shape index (κ2) is 12.7. The Morgan fingerprint density at radius 3 is 2.66 bits per heavy atom. The number of rotatable bonds is 11. The molecule has 0 saturated carbocycles. The normalized spacial score (nSPS) is 12.5. The molecule has 1 atom stereocenters. The quantitative estimate of drug-likeness (QED) is 0.305. The maximum atomic E-state index is 10.3. The van der Waals surface area contributed by atoms with Crippen molar-refractivity contribution >= 4 is 5.96 Å². The monoisotopic (exact) mass is 400 g/mol. The van der Waals surface area contributed by atoms with Crippen LogP contribution < -0.4 is 15.4 Å². The predicted octanol–water partition coefficient (Wildman–Crippen LogP) is 2.59. The number of hydrogen-bond acceptors (Lipinski definition) is 5. The number of aliphatic hydroxyl groups excluding tert-OH is 1. The van der Waals surface area contributed by atoms with Gasteiger partial charge in [0.1, 0.15) is 12.4 Å². The topological polar surface area (TPSA) is 88.0 Å². The third-order valence-corrected chi connectivity index (χ3v) is 4.22. The summed E-state index contributed by atoms with van der Waals surface area (Å²) in [5.41, 5.74) is 2.94. The lowest BCUT2D eigenvalue weighted by atomic mass is 10.1. The summed E-state index contributed by atoms with van der Waals surface area (Å²) in [4.78, 5) is 8.62. The van der Waals surface area contributed by atoms with E-state index in [-0.39, 0.29) is 0 Å². The maximum absolute atomic E-state index is 10.3. The Labute approximate surface area is 173 Å². The molecule has 0 aliphatic heterocycles. The minimum atomic E-state index is -0.640. The van der Waals surface area contributed by atoms with E-state index in [0.29, 0.717) is 38.9 Å². The summed E-state index contributed by atoms with van der Waals surface area (Å²) in [7, 11) is 0. The Morgan fingerprint density at radius 2 is 1.93 bits per heavy atom. The van der Waals surface area contributed by atoms with Gasteiger partial charge in [-0.25, -0.2) is 4.99 Å². The Kier molecular flexibility index (Phi) is 9.95. The van der Waals surface area contributed by atoms with Crippen LogP contribution in [0.3, 0.4) is 0 Å². The fourth-order valence-electron chi connectivity index (χ4n) is 2.68. The predicted molar refractivity (Wildman–Crippen MR) is 115 cm³/mol. The maximum Gasteiger partial charge on any atom is 0.191 e. The molecule has 7 heteroatoms. The lowest BCUT2D eigenvalue weighted by Gasteiger charge is -2.16. The number of guanidine groups is 1. The third-order valence-electron chi connectivity index (χ3n) is 4.22. The largest absolute Gasteiger partial charge is 0.491 e. The van der Waals surface area contributed by atoms with Crippen LogP contribution in [0.4, 0.5) is 0 Å². The molecule has 0 saturated heterocycles. The van der Waals surface area contributed by atoms with Crippen molar-refractivity contribution in [3.63, 3.8) is 0 Å². The number of pyridine rings is 1. The van der Waals surface area contributed by atoms with Crippen LogP contribution in [0.25, 0.3) is 0 Å². The Morgan fingerprint density at radius 1 is 1.14 bits per heavy atom. The van der Waals surface area contributed by atoms with Gasteiger partial charge in [0.2, 0.25) is 0 Å². The van der Waals surface area contributed by atoms with Crippen molar-refractivity contribution < 1.29 is 14.6 Å². The Hall–Kier alpha value is -2.64. The van der Waals surface area contributed by atoms with Gasteiger partial charge < -0.3 is 25.2 Å². The second-order valence-electron chi connectivity index (χ2n) is 6.53. The van der Waals surface area contributed by atoms with E-state index in [1.54, 1.807) is 24.5 Å². The lowest BCUT2D eigenvalue weighted by Crippen LogP contribution is -2.39. The van der Waals surface area contributed by atoms with E-state index in [1.165, 1.54) is 0 Å². The molecule has 1 unspecified atom stereocenters. The fourth-order valence-corrected chi connectivity index (χ4v) is 2.68. The van der Waals surface area contributed by atoms with E-state index in [1.807, 2.05) is 39.0 Å². The molecule has 0 bridgehead atoms. The van der Waals surface area contributed by atoms with Gasteiger partial charge in [-0.05, 0) is 50.1 Å². The smallest absolute Gasteiger partial charge is 0.191 e. The number of benzene rings is 1. The highest BCUT2D eigenvalue weighted by Gasteiger charge is 2.09. The molecule has 7 nitrogen and oxygen atoms in total. The van der Waals surface area contributed by atoms with Crippen LogP contribution in [-0.2, 0) is 11.3 Å². The first-order valence-corrected chi connectivity index (χ1v) is 10.0. The van der Waals surface area contributed by atoms with Gasteiger partial charge in [-0.1, -0.05) is 12.1 Å². The molecule has 29 heavy (non-hydrogen) atoms. The first-order valence-electron chi connectivity index (χ1n) is 10.0. The number of aromatic nitrogens is 1. The minimum Gasteiger partial charge on any atom is -0.491 e. The highest BCUT2D eigenvalue weighted by Crippen LogP contribution is 2.21. The molecule has 0 spiro atoms. The average molecular weight is 401 g/mol. The standard InChI is InChI=1S/C22H32N4O3/c1-4-24-22(26-16-20(27)18-8-10-23-11-9-18)25-15-19-7-6-17(3)14-21(19)29-13-12-28-5-2/h6-11,14,20,27H,4-5,12-13,15-16H2,1-3H3,(H2,24,25,26). The first-order chi connectivity index (χ1) is 14.1. The average Bonchev–Trinajstić information content (AvgIpc) is 2.74. The van der Waals surface area contributed by atoms with Gasteiger partial charge in [-0.3, -0.25) is 4.98 Å². The van der Waals surface area contributed by atoms with Gasteiger partial charge in [0.25, 0.3) is 0 Å². The third kappa shape index (κ3) is 8.09. The van der Waals surface area contributed by atoms with Crippen LogP contribution in [0.2, 0.25) is 0 Å². The summed E-state index contributed by atoms with van der Waals surface area (Å²) in [5, 5.41) is 16.7. The zero-order valence-corrected chi connectivity index (χ0v) is 17.5. The van der Waals surface area contributed by atoms with Crippen molar-refractivity contribution in [3.8, 4) is 5.75 Å². The summed E-state index contributed by atoms with van der Waals surface area (Å²) in [6, 6.07) is 9.70. The summed E-state index contributed by atoms with van der Waals surface area (Å²) < 4.78 is 11.2. The van der Waals surface area contributed by atoms with Crippen LogP contribution in [0, 0.1) is 6.92 Å². The molecular formula is C22H32N4O3. The zero-order valence-electron chi connectivity index (χ0n) is 17.5. The number of aryl methyl sites for hydroxylation is 1. The van der Waals surface area contributed by atoms with Crippen LogP contribution in [-0.4, -0.2) is 49.0 Å². The molecule has 3 N–H and O–H groups in total. The number of hydrogen-bond donors (Lipinski definition) is 3. The molecule has 0 radical (unpaired) electrons. The molecule has 0 aliphatic carbocycles. The molecule has 0 aliphatic rings. The summed E-state index contributed by atoms with van der Waals surface area (Å²) in [6.07, 6.45) is 2.70. The minimum absolute atomic E-state index is 0.349. The van der Waals surface area contributed by atoms with Gasteiger partial charge in [-0.15, -0.1) is 0 Å². The highest BCUT2D eigenvalue weighted by molar-refractivity contribution is 5.79. The molecular weight excluding hydrogens is 368 g/mol. The Bertz CT molecular complexity index is 753. The zero-order chi connectivity index (χ0) is 20.9. The lowest BCUT2D eigenvalue weighted by molar-refractivity contribution is 0.110. The molecule has 0 amide bonds. The van der Waals surface area contributed by atoms with Gasteiger partial charge in [0.15, 0.2) is 5.96 Å². The van der Waals surface area contributed by atoms with Crippen LogP contribution >= 0.6 is 0 Å². The van der Waals surface area contributed by atoms with E-state index < -0.39 is 6.10 Å². The molecule has 2 rings (SSSR count). The van der Waals surface area contributed by atoms with Crippen molar-refractivity contribution in [3.05, 3.63) is 59.4 Å². The van der Waals surface area contributed by atoms with Crippen molar-refractivity contribution in [2.75, 3.05) is 32.9 Å². The number of nitrogens with zero attached hydrogens (tertiary/aromatic N) is 2. The van der Waals surface area contributed by atoms with E-state index in [9.17, 15) is 5.11 Å². The molecule has 158 valence electrons. The molecule has 1 aromatic carbocycles. The van der Waals surface area contributed by atoms with Crippen molar-refractivity contribution in [2.24, 2.45) is 4.99 Å². The van der Waals surface area contributed by atoms with E-state index in [0.717, 1.165) is 29.0 Å². The molecule has 2 aromatic rings. The second-order valence-corrected chi connectivity index (χ2v) is 6.53. The number of ether oxygens (including phenoxy) is 2. The fraction of sp³-hybridized carbons (Fsp3) is 0.455. The van der Waals surface area contributed by atoms with Gasteiger partial charge in [-0.2, -0.15) is 0 Å². The van der Waals surface area contributed by atoms with Gasteiger partial charge >= 0.3 is 0 Å². The first kappa shape index (κ1) is 22.6. The van der Waals surface area contributed by atoms with Gasteiger partial charge in [0, 0.05) is 37.7 Å².